The third kappa shape index (κ3) is 11.2. The monoisotopic (exact) mass is 283 g/mol. The molecule has 0 aromatic rings. The first-order valence-electron chi connectivity index (χ1n) is 6.79. The van der Waals surface area contributed by atoms with Crippen molar-refractivity contribution in [1.82, 2.24) is 4.90 Å². The summed E-state index contributed by atoms with van der Waals surface area (Å²) < 4.78 is 25.8. The Morgan fingerprint density at radius 2 is 1.00 bits per heavy atom. The Morgan fingerprint density at radius 3 is 1.11 bits per heavy atom. The molecule has 0 saturated carbocycles. The lowest BCUT2D eigenvalue weighted by Gasteiger charge is -2.14. The topological polar surface area (TPSA) is 48.0 Å². The van der Waals surface area contributed by atoms with Crippen LogP contribution in [-0.4, -0.2) is 44.4 Å². The molecule has 0 heterocycles. The van der Waals surface area contributed by atoms with Crippen LogP contribution in [0, 0.1) is 0 Å². The summed E-state index contributed by atoms with van der Waals surface area (Å²) >= 11 is 0. The Bertz CT molecular complexity index is 181. The van der Waals surface area contributed by atoms with Crippen LogP contribution in [0.3, 0.4) is 0 Å². The molecule has 0 amide bonds. The van der Waals surface area contributed by atoms with Crippen LogP contribution >= 0.6 is 7.82 Å². The number of hydrogen-bond donors (Lipinski definition) is 0. The second-order valence-electron chi connectivity index (χ2n) is 3.32. The fraction of sp³-hybridized carbons (Fsp3) is 1.00. The van der Waals surface area contributed by atoms with Crippen LogP contribution in [0.5, 0.6) is 0 Å². The van der Waals surface area contributed by atoms with E-state index < -0.39 is 7.82 Å². The van der Waals surface area contributed by atoms with Crippen LogP contribution in [0.4, 0.5) is 0 Å². The molecule has 6 heteroatoms. The molecular formula is C12H30NO4P. The SMILES string of the molecule is CCN(CC)CC.CCOP(=O)(OCC)OCC. The molecule has 5 nitrogen and oxygen atoms in total. The third-order valence-corrected chi connectivity index (χ3v) is 3.93. The maximum atomic E-state index is 11.3. The van der Waals surface area contributed by atoms with Crippen molar-refractivity contribution in [2.24, 2.45) is 0 Å². The van der Waals surface area contributed by atoms with Crippen molar-refractivity contribution in [3.05, 3.63) is 0 Å². The Hall–Kier alpha value is 0.0700. The van der Waals surface area contributed by atoms with Crippen molar-refractivity contribution in [1.29, 1.82) is 0 Å². The van der Waals surface area contributed by atoms with Crippen molar-refractivity contribution in [3.8, 4) is 0 Å². The van der Waals surface area contributed by atoms with Gasteiger partial charge in [-0.2, -0.15) is 0 Å². The van der Waals surface area contributed by atoms with E-state index in [9.17, 15) is 4.57 Å². The lowest BCUT2D eigenvalue weighted by Crippen LogP contribution is -2.21. The third-order valence-electron chi connectivity index (χ3n) is 2.20. The standard InChI is InChI=1S/C6H15N.C6H15O4P/c1-4-7(5-2)6-3;1-4-8-11(7,9-5-2)10-6-3/h4-6H2,1-3H3;4-6H2,1-3H3. The van der Waals surface area contributed by atoms with E-state index in [0.29, 0.717) is 19.8 Å². The molecule has 0 spiro atoms. The first-order chi connectivity index (χ1) is 8.53. The summed E-state index contributed by atoms with van der Waals surface area (Å²) in [5, 5.41) is 0. The lowest BCUT2D eigenvalue weighted by molar-refractivity contribution is 0.126. The number of phosphoric acid groups is 1. The first-order valence-corrected chi connectivity index (χ1v) is 8.25. The summed E-state index contributed by atoms with van der Waals surface area (Å²) in [6.45, 7) is 16.3. The highest BCUT2D eigenvalue weighted by atomic mass is 31.2. The van der Waals surface area contributed by atoms with Gasteiger partial charge in [0.05, 0.1) is 19.8 Å². The zero-order valence-electron chi connectivity index (χ0n) is 12.8. The zero-order valence-corrected chi connectivity index (χ0v) is 13.7. The molecule has 0 aromatic heterocycles. The Morgan fingerprint density at radius 1 is 0.722 bits per heavy atom. The molecule has 0 aliphatic heterocycles. The predicted octanol–water partition coefficient (Wildman–Crippen LogP) is 3.55. The molecule has 0 rings (SSSR count). The van der Waals surface area contributed by atoms with Crippen LogP contribution in [0.15, 0.2) is 0 Å². The van der Waals surface area contributed by atoms with Crippen LogP contribution in [0.2, 0.25) is 0 Å². The molecular weight excluding hydrogens is 253 g/mol. The second kappa shape index (κ2) is 13.5. The van der Waals surface area contributed by atoms with E-state index in [1.54, 1.807) is 20.8 Å². The fourth-order valence-electron chi connectivity index (χ4n) is 1.26. The van der Waals surface area contributed by atoms with E-state index in [2.05, 4.69) is 25.7 Å². The van der Waals surface area contributed by atoms with Gasteiger partial charge in [0, 0.05) is 0 Å². The Labute approximate surface area is 112 Å². The summed E-state index contributed by atoms with van der Waals surface area (Å²) in [7, 11) is -3.22. The minimum absolute atomic E-state index is 0.331. The highest BCUT2D eigenvalue weighted by Gasteiger charge is 2.23. The largest absolute Gasteiger partial charge is 0.474 e. The summed E-state index contributed by atoms with van der Waals surface area (Å²) in [6, 6.07) is 0. The van der Waals surface area contributed by atoms with Crippen LogP contribution in [-0.2, 0) is 18.1 Å². The van der Waals surface area contributed by atoms with Gasteiger partial charge in [-0.1, -0.05) is 20.8 Å². The molecule has 0 aliphatic rings. The van der Waals surface area contributed by atoms with Crippen molar-refractivity contribution in [2.45, 2.75) is 41.5 Å². The van der Waals surface area contributed by atoms with Gasteiger partial charge >= 0.3 is 7.82 Å². The summed E-state index contributed by atoms with van der Waals surface area (Å²) in [5.74, 6) is 0. The second-order valence-corrected chi connectivity index (χ2v) is 4.99. The van der Waals surface area contributed by atoms with Gasteiger partial charge in [-0.3, -0.25) is 13.6 Å². The van der Waals surface area contributed by atoms with Gasteiger partial charge in [0.1, 0.15) is 0 Å². The molecule has 0 atom stereocenters. The maximum Gasteiger partial charge on any atom is 0.474 e. The molecule has 18 heavy (non-hydrogen) atoms. The predicted molar refractivity (Wildman–Crippen MR) is 75.9 cm³/mol. The quantitative estimate of drug-likeness (QED) is 0.606. The molecule has 0 bridgehead atoms. The molecule has 112 valence electrons. The van der Waals surface area contributed by atoms with E-state index in [4.69, 9.17) is 13.6 Å². The Kier molecular flexibility index (Phi) is 15.3. The molecule has 0 N–H and O–H groups in total. The summed E-state index contributed by atoms with van der Waals surface area (Å²) in [6.07, 6.45) is 0. The van der Waals surface area contributed by atoms with Crippen molar-refractivity contribution >= 4 is 7.82 Å². The van der Waals surface area contributed by atoms with Crippen LogP contribution in [0.25, 0.3) is 0 Å². The van der Waals surface area contributed by atoms with E-state index in [-0.39, 0.29) is 0 Å². The van der Waals surface area contributed by atoms with E-state index in [1.807, 2.05) is 0 Å². The molecule has 0 aliphatic carbocycles. The van der Waals surface area contributed by atoms with Crippen molar-refractivity contribution in [2.75, 3.05) is 39.5 Å². The van der Waals surface area contributed by atoms with Crippen molar-refractivity contribution < 1.29 is 18.1 Å². The number of phosphoric ester groups is 1. The van der Waals surface area contributed by atoms with Crippen LogP contribution < -0.4 is 0 Å². The maximum absolute atomic E-state index is 11.3. The first kappa shape index (κ1) is 20.4. The molecule has 0 unspecified atom stereocenters. The fourth-order valence-corrected chi connectivity index (χ4v) is 2.43. The smallest absolute Gasteiger partial charge is 0.304 e. The highest BCUT2D eigenvalue weighted by molar-refractivity contribution is 7.48. The molecule has 0 saturated heterocycles. The molecule has 0 aromatic carbocycles. The van der Waals surface area contributed by atoms with Gasteiger partial charge in [-0.05, 0) is 40.4 Å². The normalized spacial score (nSPS) is 11.3. The summed E-state index contributed by atoms with van der Waals surface area (Å²) in [5.41, 5.74) is 0. The Balaban J connectivity index is 0. The number of rotatable bonds is 9. The highest BCUT2D eigenvalue weighted by Crippen LogP contribution is 2.48. The zero-order chi connectivity index (χ0) is 14.4. The summed E-state index contributed by atoms with van der Waals surface area (Å²) in [4.78, 5) is 2.38. The minimum Gasteiger partial charge on any atom is -0.304 e. The van der Waals surface area contributed by atoms with Gasteiger partial charge in [-0.25, -0.2) is 4.57 Å². The number of nitrogens with zero attached hydrogens (tertiary/aromatic N) is 1. The van der Waals surface area contributed by atoms with Gasteiger partial charge in [0.15, 0.2) is 0 Å². The van der Waals surface area contributed by atoms with Crippen molar-refractivity contribution in [3.63, 3.8) is 0 Å². The van der Waals surface area contributed by atoms with Gasteiger partial charge in [-0.15, -0.1) is 0 Å². The van der Waals surface area contributed by atoms with Crippen LogP contribution in [0.1, 0.15) is 41.5 Å². The van der Waals surface area contributed by atoms with Gasteiger partial charge in [0.2, 0.25) is 0 Å². The van der Waals surface area contributed by atoms with E-state index >= 15 is 0 Å². The molecule has 0 radical (unpaired) electrons. The molecule has 0 fully saturated rings. The average Bonchev–Trinajstić information content (AvgIpc) is 2.33. The van der Waals surface area contributed by atoms with Gasteiger partial charge < -0.3 is 4.90 Å². The lowest BCUT2D eigenvalue weighted by atomic mass is 10.5. The number of hydrogen-bond acceptors (Lipinski definition) is 5. The average molecular weight is 283 g/mol. The van der Waals surface area contributed by atoms with Gasteiger partial charge in [0.25, 0.3) is 0 Å². The van der Waals surface area contributed by atoms with E-state index in [0.717, 1.165) is 0 Å². The van der Waals surface area contributed by atoms with E-state index in [1.165, 1.54) is 19.6 Å². The minimum atomic E-state index is -3.22.